The van der Waals surface area contributed by atoms with Gasteiger partial charge in [-0.05, 0) is 54.2 Å². The Labute approximate surface area is 155 Å². The maximum absolute atomic E-state index is 13.3. The molecule has 0 unspecified atom stereocenters. The zero-order valence-electron chi connectivity index (χ0n) is 14.5. The lowest BCUT2D eigenvalue weighted by molar-refractivity contribution is 0.586. The number of rotatable bonds is 4. The number of sulfonamides is 1. The minimum absolute atomic E-state index is 0.364. The Morgan fingerprint density at radius 2 is 1.54 bits per heavy atom. The van der Waals surface area contributed by atoms with E-state index in [9.17, 15) is 8.42 Å². The molecule has 1 aliphatic rings. The Hall–Kier alpha value is -2.59. The van der Waals surface area contributed by atoms with Crippen LogP contribution in [0.5, 0.6) is 0 Å². The minimum Gasteiger partial charge on any atom is -0.266 e. The smallest absolute Gasteiger partial charge is 0.264 e. The fourth-order valence-corrected chi connectivity index (χ4v) is 5.14. The zero-order chi connectivity index (χ0) is 18.0. The highest BCUT2D eigenvalue weighted by Gasteiger charge is 2.28. The molecule has 0 saturated heterocycles. The summed E-state index contributed by atoms with van der Waals surface area (Å²) in [5.74, 6) is 0. The van der Waals surface area contributed by atoms with Crippen LogP contribution in [-0.2, 0) is 22.9 Å². The van der Waals surface area contributed by atoms with Gasteiger partial charge in [0.25, 0.3) is 10.0 Å². The molecule has 3 nitrogen and oxygen atoms in total. The van der Waals surface area contributed by atoms with Gasteiger partial charge in [-0.15, -0.1) is 0 Å². The molecular weight excluding hydrogens is 342 g/mol. The number of fused-ring (bicyclic) bond motifs is 1. The maximum atomic E-state index is 13.3. The molecule has 0 radical (unpaired) electrons. The van der Waals surface area contributed by atoms with Gasteiger partial charge < -0.3 is 0 Å². The van der Waals surface area contributed by atoms with Crippen molar-refractivity contribution in [3.8, 4) is 0 Å². The average Bonchev–Trinajstić information content (AvgIpc) is 2.68. The number of para-hydroxylation sites is 1. The van der Waals surface area contributed by atoms with E-state index in [0.29, 0.717) is 11.4 Å². The molecular formula is C22H21NO2S. The monoisotopic (exact) mass is 363 g/mol. The molecule has 0 saturated carbocycles. The van der Waals surface area contributed by atoms with E-state index in [4.69, 9.17) is 0 Å². The van der Waals surface area contributed by atoms with E-state index in [1.54, 1.807) is 16.4 Å². The number of anilines is 1. The summed E-state index contributed by atoms with van der Waals surface area (Å²) in [5.41, 5.74) is 4.09. The summed E-state index contributed by atoms with van der Waals surface area (Å²) < 4.78 is 28.1. The van der Waals surface area contributed by atoms with Crippen molar-refractivity contribution in [1.29, 1.82) is 0 Å². The first-order chi connectivity index (χ1) is 12.6. The molecule has 0 spiro atoms. The van der Waals surface area contributed by atoms with Gasteiger partial charge in [-0.2, -0.15) is 0 Å². The zero-order valence-corrected chi connectivity index (χ0v) is 15.3. The van der Waals surface area contributed by atoms with Crippen molar-refractivity contribution in [2.45, 2.75) is 24.2 Å². The summed E-state index contributed by atoms with van der Waals surface area (Å²) in [5, 5.41) is 0. The fourth-order valence-electron chi connectivity index (χ4n) is 3.52. The molecule has 0 atom stereocenters. The second-order valence-corrected chi connectivity index (χ2v) is 8.48. The first-order valence-corrected chi connectivity index (χ1v) is 10.3. The van der Waals surface area contributed by atoms with Gasteiger partial charge in [0.1, 0.15) is 0 Å². The first-order valence-electron chi connectivity index (χ1n) is 8.88. The van der Waals surface area contributed by atoms with Gasteiger partial charge in [-0.3, -0.25) is 4.31 Å². The van der Waals surface area contributed by atoms with Gasteiger partial charge in [0, 0.05) is 6.54 Å². The third kappa shape index (κ3) is 3.25. The molecule has 1 heterocycles. The van der Waals surface area contributed by atoms with Crippen LogP contribution in [0.1, 0.15) is 23.1 Å². The molecule has 0 amide bonds. The third-order valence-electron chi connectivity index (χ3n) is 4.81. The standard InChI is InChI=1S/C22H21NO2S/c24-26(25,23-15-7-12-20-11-4-5-14-22(20)23)21-13-6-10-19(17-21)16-18-8-2-1-3-9-18/h1-6,8-11,13-14,17H,7,12,15-16H2. The Morgan fingerprint density at radius 1 is 0.808 bits per heavy atom. The second-order valence-electron chi connectivity index (χ2n) is 6.62. The van der Waals surface area contributed by atoms with Gasteiger partial charge in [-0.1, -0.05) is 60.7 Å². The molecule has 0 bridgehead atoms. The van der Waals surface area contributed by atoms with E-state index in [1.807, 2.05) is 54.6 Å². The normalized spacial score (nSPS) is 14.1. The third-order valence-corrected chi connectivity index (χ3v) is 6.61. The van der Waals surface area contributed by atoms with Gasteiger partial charge in [-0.25, -0.2) is 8.42 Å². The predicted octanol–water partition coefficient (Wildman–Crippen LogP) is 4.42. The van der Waals surface area contributed by atoms with E-state index >= 15 is 0 Å². The largest absolute Gasteiger partial charge is 0.266 e. The number of hydrogen-bond acceptors (Lipinski definition) is 2. The summed E-state index contributed by atoms with van der Waals surface area (Å²) >= 11 is 0. The average molecular weight is 363 g/mol. The molecule has 132 valence electrons. The number of aryl methyl sites for hydroxylation is 1. The van der Waals surface area contributed by atoms with Crippen LogP contribution in [0.4, 0.5) is 5.69 Å². The lowest BCUT2D eigenvalue weighted by atomic mass is 10.0. The van der Waals surface area contributed by atoms with Crippen LogP contribution < -0.4 is 4.31 Å². The van der Waals surface area contributed by atoms with E-state index in [2.05, 4.69) is 12.1 Å². The summed E-state index contributed by atoms with van der Waals surface area (Å²) in [6.45, 7) is 0.530. The van der Waals surface area contributed by atoms with Crippen molar-refractivity contribution >= 4 is 15.7 Å². The number of nitrogens with zero attached hydrogens (tertiary/aromatic N) is 1. The van der Waals surface area contributed by atoms with Crippen LogP contribution in [0.15, 0.2) is 83.8 Å². The molecule has 26 heavy (non-hydrogen) atoms. The quantitative estimate of drug-likeness (QED) is 0.688. The van der Waals surface area contributed by atoms with Gasteiger partial charge >= 0.3 is 0 Å². The molecule has 4 heteroatoms. The Bertz CT molecular complexity index is 1010. The molecule has 4 rings (SSSR count). The molecule has 0 N–H and O–H groups in total. The lowest BCUT2D eigenvalue weighted by Crippen LogP contribution is -2.35. The highest BCUT2D eigenvalue weighted by Crippen LogP contribution is 2.32. The van der Waals surface area contributed by atoms with E-state index in [1.165, 1.54) is 5.56 Å². The Morgan fingerprint density at radius 3 is 2.38 bits per heavy atom. The lowest BCUT2D eigenvalue weighted by Gasteiger charge is -2.30. The molecule has 0 aliphatic carbocycles. The first kappa shape index (κ1) is 16.9. The van der Waals surface area contributed by atoms with Crippen LogP contribution in [0.2, 0.25) is 0 Å². The van der Waals surface area contributed by atoms with Crippen molar-refractivity contribution in [2.24, 2.45) is 0 Å². The highest BCUT2D eigenvalue weighted by atomic mass is 32.2. The SMILES string of the molecule is O=S(=O)(c1cccc(Cc2ccccc2)c1)N1CCCc2ccccc21. The van der Waals surface area contributed by atoms with Crippen LogP contribution >= 0.6 is 0 Å². The van der Waals surface area contributed by atoms with Crippen LogP contribution in [0.3, 0.4) is 0 Å². The van der Waals surface area contributed by atoms with Crippen molar-refractivity contribution in [3.05, 3.63) is 95.6 Å². The van der Waals surface area contributed by atoms with E-state index in [0.717, 1.165) is 36.1 Å². The van der Waals surface area contributed by atoms with Crippen LogP contribution in [0, 0.1) is 0 Å². The number of hydrogen-bond donors (Lipinski definition) is 0. The topological polar surface area (TPSA) is 37.4 Å². The Kier molecular flexibility index (Phi) is 4.51. The highest BCUT2D eigenvalue weighted by molar-refractivity contribution is 7.92. The predicted molar refractivity (Wildman–Crippen MR) is 105 cm³/mol. The fraction of sp³-hybridized carbons (Fsp3) is 0.182. The minimum atomic E-state index is -3.56. The van der Waals surface area contributed by atoms with Gasteiger partial charge in [0.15, 0.2) is 0 Å². The van der Waals surface area contributed by atoms with E-state index in [-0.39, 0.29) is 0 Å². The summed E-state index contributed by atoms with van der Waals surface area (Å²) in [4.78, 5) is 0.364. The van der Waals surface area contributed by atoms with Crippen molar-refractivity contribution in [3.63, 3.8) is 0 Å². The van der Waals surface area contributed by atoms with Crippen molar-refractivity contribution < 1.29 is 8.42 Å². The number of benzene rings is 3. The van der Waals surface area contributed by atoms with Gasteiger partial charge in [0.05, 0.1) is 10.6 Å². The summed E-state index contributed by atoms with van der Waals surface area (Å²) in [6, 6.07) is 25.2. The Balaban J connectivity index is 1.68. The van der Waals surface area contributed by atoms with Crippen LogP contribution in [0.25, 0.3) is 0 Å². The van der Waals surface area contributed by atoms with E-state index < -0.39 is 10.0 Å². The summed E-state index contributed by atoms with van der Waals surface area (Å²) in [6.07, 6.45) is 2.50. The molecule has 0 fully saturated rings. The summed E-state index contributed by atoms with van der Waals surface area (Å²) in [7, 11) is -3.56. The van der Waals surface area contributed by atoms with Crippen molar-refractivity contribution in [1.82, 2.24) is 0 Å². The van der Waals surface area contributed by atoms with Crippen LogP contribution in [-0.4, -0.2) is 15.0 Å². The van der Waals surface area contributed by atoms with Crippen molar-refractivity contribution in [2.75, 3.05) is 10.8 Å². The maximum Gasteiger partial charge on any atom is 0.264 e. The molecule has 3 aromatic carbocycles. The second kappa shape index (κ2) is 6.96. The molecule has 1 aliphatic heterocycles. The molecule has 3 aromatic rings. The molecule has 0 aromatic heterocycles. The van der Waals surface area contributed by atoms with Gasteiger partial charge in [0.2, 0.25) is 0 Å².